The van der Waals surface area contributed by atoms with Gasteiger partial charge in [0.05, 0.1) is 6.61 Å². The Kier molecular flexibility index (Phi) is 7.72. The van der Waals surface area contributed by atoms with Gasteiger partial charge in [0.2, 0.25) is 5.91 Å². The van der Waals surface area contributed by atoms with Crippen molar-refractivity contribution in [2.24, 2.45) is 0 Å². The molecule has 3 N–H and O–H groups in total. The van der Waals surface area contributed by atoms with E-state index in [4.69, 9.17) is 21.7 Å². The lowest BCUT2D eigenvalue weighted by Crippen LogP contribution is -2.34. The van der Waals surface area contributed by atoms with Crippen LogP contribution in [0.3, 0.4) is 0 Å². The maximum atomic E-state index is 12.2. The van der Waals surface area contributed by atoms with E-state index in [2.05, 4.69) is 16.0 Å². The summed E-state index contributed by atoms with van der Waals surface area (Å²) >= 11 is 5.16. The third-order valence-electron chi connectivity index (χ3n) is 3.36. The minimum atomic E-state index is -0.328. The summed E-state index contributed by atoms with van der Waals surface area (Å²) in [5.41, 5.74) is 1.83. The molecule has 2 aromatic rings. The number of benzene rings is 2. The summed E-state index contributed by atoms with van der Waals surface area (Å²) in [7, 11) is 1.60. The topological polar surface area (TPSA) is 88.7 Å². The first kappa shape index (κ1) is 20.3. The third-order valence-corrected chi connectivity index (χ3v) is 3.57. The van der Waals surface area contributed by atoms with Gasteiger partial charge in [0.15, 0.2) is 5.11 Å². The van der Waals surface area contributed by atoms with Gasteiger partial charge < -0.3 is 20.1 Å². The van der Waals surface area contributed by atoms with Crippen LogP contribution in [0.4, 0.5) is 11.4 Å². The van der Waals surface area contributed by atoms with E-state index < -0.39 is 0 Å². The lowest BCUT2D eigenvalue weighted by molar-refractivity contribution is -0.114. The summed E-state index contributed by atoms with van der Waals surface area (Å²) in [4.78, 5) is 23.3. The van der Waals surface area contributed by atoms with Gasteiger partial charge in [-0.3, -0.25) is 14.9 Å². The Morgan fingerprint density at radius 2 is 1.52 bits per heavy atom. The van der Waals surface area contributed by atoms with Crippen molar-refractivity contribution in [3.05, 3.63) is 54.1 Å². The minimum Gasteiger partial charge on any atom is -0.491 e. The Morgan fingerprint density at radius 3 is 2.07 bits per heavy atom. The lowest BCUT2D eigenvalue weighted by Gasteiger charge is -2.11. The Hall–Kier alpha value is -2.97. The Bertz CT molecular complexity index is 792. The van der Waals surface area contributed by atoms with Gasteiger partial charge in [-0.1, -0.05) is 0 Å². The van der Waals surface area contributed by atoms with E-state index in [0.717, 1.165) is 0 Å². The van der Waals surface area contributed by atoms with Crippen molar-refractivity contribution in [3.63, 3.8) is 0 Å². The molecule has 7 nitrogen and oxygen atoms in total. The molecule has 0 unspecified atom stereocenters. The van der Waals surface area contributed by atoms with Crippen molar-refractivity contribution in [2.45, 2.75) is 6.92 Å². The molecule has 0 aliphatic rings. The number of rotatable bonds is 7. The highest BCUT2D eigenvalue weighted by atomic mass is 32.1. The fourth-order valence-electron chi connectivity index (χ4n) is 2.12. The van der Waals surface area contributed by atoms with Crippen LogP contribution in [0.5, 0.6) is 5.75 Å². The first-order valence-electron chi connectivity index (χ1n) is 8.19. The summed E-state index contributed by atoms with van der Waals surface area (Å²) in [5.74, 6) is 0.183. The average molecular weight is 387 g/mol. The number of amides is 2. The van der Waals surface area contributed by atoms with E-state index in [1.807, 2.05) is 0 Å². The minimum absolute atomic E-state index is 0.145. The maximum Gasteiger partial charge on any atom is 0.257 e. The molecule has 2 aromatic carbocycles. The second-order valence-corrected chi connectivity index (χ2v) is 5.94. The van der Waals surface area contributed by atoms with Crippen molar-refractivity contribution >= 4 is 40.5 Å². The zero-order valence-corrected chi connectivity index (χ0v) is 15.9. The maximum absolute atomic E-state index is 12.2. The van der Waals surface area contributed by atoms with Crippen LogP contribution in [0.1, 0.15) is 17.3 Å². The molecule has 2 amide bonds. The van der Waals surface area contributed by atoms with Gasteiger partial charge in [-0.25, -0.2) is 0 Å². The SMILES string of the molecule is COCCOc1ccc(C(=O)NC(=S)Nc2ccc(NC(C)=O)cc2)cc1. The van der Waals surface area contributed by atoms with Gasteiger partial charge in [0.25, 0.3) is 5.91 Å². The quantitative estimate of drug-likeness (QED) is 0.500. The van der Waals surface area contributed by atoms with Gasteiger partial charge in [-0.05, 0) is 60.7 Å². The molecule has 0 fully saturated rings. The third kappa shape index (κ3) is 7.04. The van der Waals surface area contributed by atoms with Crippen LogP contribution in [0, 0.1) is 0 Å². The molecule has 0 atom stereocenters. The van der Waals surface area contributed by atoms with E-state index in [9.17, 15) is 9.59 Å². The molecule has 0 aliphatic carbocycles. The van der Waals surface area contributed by atoms with Crippen LogP contribution in [0.25, 0.3) is 0 Å². The van der Waals surface area contributed by atoms with E-state index in [1.54, 1.807) is 55.6 Å². The molecule has 2 rings (SSSR count). The first-order chi connectivity index (χ1) is 13.0. The molecule has 0 aliphatic heterocycles. The number of thiocarbonyl (C=S) groups is 1. The monoisotopic (exact) mass is 387 g/mol. The normalized spacial score (nSPS) is 10.0. The molecule has 0 spiro atoms. The Morgan fingerprint density at radius 1 is 0.926 bits per heavy atom. The van der Waals surface area contributed by atoms with Gasteiger partial charge in [-0.15, -0.1) is 0 Å². The number of carbonyl (C=O) groups is 2. The number of hydrogen-bond donors (Lipinski definition) is 3. The number of nitrogens with one attached hydrogen (secondary N) is 3. The number of ether oxygens (including phenoxy) is 2. The van der Waals surface area contributed by atoms with Crippen molar-refractivity contribution < 1.29 is 19.1 Å². The predicted octanol–water partition coefficient (Wildman–Crippen LogP) is 2.80. The number of anilines is 2. The fraction of sp³-hybridized carbons (Fsp3) is 0.211. The summed E-state index contributed by atoms with van der Waals surface area (Å²) in [6, 6.07) is 13.7. The van der Waals surface area contributed by atoms with Crippen molar-refractivity contribution in [3.8, 4) is 5.75 Å². The highest BCUT2D eigenvalue weighted by Crippen LogP contribution is 2.14. The van der Waals surface area contributed by atoms with Crippen LogP contribution in [-0.2, 0) is 9.53 Å². The molecular formula is C19H21N3O4S. The molecular weight excluding hydrogens is 366 g/mol. The summed E-state index contributed by atoms with van der Waals surface area (Å²) in [6.07, 6.45) is 0. The van der Waals surface area contributed by atoms with Gasteiger partial charge in [0.1, 0.15) is 12.4 Å². The van der Waals surface area contributed by atoms with Gasteiger partial charge >= 0.3 is 0 Å². The second kappa shape index (κ2) is 10.2. The summed E-state index contributed by atoms with van der Waals surface area (Å²) in [6.45, 7) is 2.37. The Labute approximate surface area is 163 Å². The standard InChI is InChI=1S/C19H21N3O4S/c1-13(23)20-15-5-7-16(8-6-15)21-19(27)22-18(24)14-3-9-17(10-4-14)26-12-11-25-2/h3-10H,11-12H2,1-2H3,(H,20,23)(H2,21,22,24,27). The zero-order chi connectivity index (χ0) is 19.6. The predicted molar refractivity (Wildman–Crippen MR) is 108 cm³/mol. The number of carbonyl (C=O) groups excluding carboxylic acids is 2. The largest absolute Gasteiger partial charge is 0.491 e. The summed E-state index contributed by atoms with van der Waals surface area (Å²) in [5, 5.41) is 8.38. The molecule has 27 heavy (non-hydrogen) atoms. The van der Waals surface area contributed by atoms with Crippen LogP contribution in [0.2, 0.25) is 0 Å². The smallest absolute Gasteiger partial charge is 0.257 e. The molecule has 0 aromatic heterocycles. The fourth-order valence-corrected chi connectivity index (χ4v) is 2.33. The highest BCUT2D eigenvalue weighted by Gasteiger charge is 2.08. The van der Waals surface area contributed by atoms with Crippen LogP contribution in [-0.4, -0.2) is 37.3 Å². The van der Waals surface area contributed by atoms with Crippen LogP contribution >= 0.6 is 12.2 Å². The lowest BCUT2D eigenvalue weighted by atomic mass is 10.2. The van der Waals surface area contributed by atoms with Crippen LogP contribution in [0.15, 0.2) is 48.5 Å². The zero-order valence-electron chi connectivity index (χ0n) is 15.1. The average Bonchev–Trinajstić information content (AvgIpc) is 2.63. The number of methoxy groups -OCH3 is 1. The molecule has 0 saturated heterocycles. The van der Waals surface area contributed by atoms with Crippen molar-refractivity contribution in [1.29, 1.82) is 0 Å². The van der Waals surface area contributed by atoms with Gasteiger partial charge in [0, 0.05) is 31.0 Å². The van der Waals surface area contributed by atoms with E-state index in [-0.39, 0.29) is 16.9 Å². The molecule has 0 radical (unpaired) electrons. The van der Waals surface area contributed by atoms with Gasteiger partial charge in [-0.2, -0.15) is 0 Å². The van der Waals surface area contributed by atoms with E-state index in [1.165, 1.54) is 6.92 Å². The van der Waals surface area contributed by atoms with Crippen molar-refractivity contribution in [1.82, 2.24) is 5.32 Å². The second-order valence-electron chi connectivity index (χ2n) is 5.53. The highest BCUT2D eigenvalue weighted by molar-refractivity contribution is 7.80. The number of hydrogen-bond acceptors (Lipinski definition) is 5. The van der Waals surface area contributed by atoms with E-state index in [0.29, 0.717) is 35.9 Å². The first-order valence-corrected chi connectivity index (χ1v) is 8.60. The molecule has 0 bridgehead atoms. The molecule has 0 heterocycles. The van der Waals surface area contributed by atoms with Crippen molar-refractivity contribution in [2.75, 3.05) is 31.0 Å². The Balaban J connectivity index is 1.85. The van der Waals surface area contributed by atoms with Crippen LogP contribution < -0.4 is 20.7 Å². The molecule has 8 heteroatoms. The molecule has 0 saturated carbocycles. The molecule has 142 valence electrons. The van der Waals surface area contributed by atoms with E-state index >= 15 is 0 Å². The summed E-state index contributed by atoms with van der Waals surface area (Å²) < 4.78 is 10.4.